The third-order valence-corrected chi connectivity index (χ3v) is 2.22. The molecule has 0 radical (unpaired) electrons. The Morgan fingerprint density at radius 2 is 1.94 bits per heavy atom. The predicted octanol–water partition coefficient (Wildman–Crippen LogP) is 1.87. The molecule has 17 heavy (non-hydrogen) atoms. The molecule has 2 rings (SSSR count). The lowest BCUT2D eigenvalue weighted by Crippen LogP contribution is -2.13. The van der Waals surface area contributed by atoms with Crippen LogP contribution >= 0.6 is 0 Å². The maximum atomic E-state index is 5.17. The number of anilines is 1. The number of rotatable bonds is 2. The van der Waals surface area contributed by atoms with Crippen molar-refractivity contribution in [1.82, 2.24) is 20.1 Å². The molecule has 0 aliphatic heterocycles. The first-order chi connectivity index (χ1) is 8.00. The summed E-state index contributed by atoms with van der Waals surface area (Å²) in [5.41, 5.74) is 0.437. The summed E-state index contributed by atoms with van der Waals surface area (Å²) in [5, 5.41) is 6.83. The van der Waals surface area contributed by atoms with E-state index in [9.17, 15) is 0 Å². The van der Waals surface area contributed by atoms with Crippen LogP contribution in [0.1, 0.15) is 26.6 Å². The summed E-state index contributed by atoms with van der Waals surface area (Å²) in [6.45, 7) is 6.08. The SMILES string of the molecule is CNc1cnc(-c2nc(C(C)(C)C)no2)cn1. The molecule has 0 saturated heterocycles. The van der Waals surface area contributed by atoms with Gasteiger partial charge in [-0.3, -0.25) is 0 Å². The molecule has 0 amide bonds. The topological polar surface area (TPSA) is 76.7 Å². The molecule has 0 aliphatic carbocycles. The van der Waals surface area contributed by atoms with Gasteiger partial charge in [0.25, 0.3) is 5.89 Å². The van der Waals surface area contributed by atoms with Crippen LogP contribution in [0.3, 0.4) is 0 Å². The van der Waals surface area contributed by atoms with E-state index in [2.05, 4.69) is 25.4 Å². The molecule has 1 N–H and O–H groups in total. The summed E-state index contributed by atoms with van der Waals surface area (Å²) in [6, 6.07) is 0. The van der Waals surface area contributed by atoms with Crippen molar-refractivity contribution in [2.75, 3.05) is 12.4 Å². The van der Waals surface area contributed by atoms with Crippen molar-refractivity contribution in [2.24, 2.45) is 0 Å². The van der Waals surface area contributed by atoms with Gasteiger partial charge in [0, 0.05) is 12.5 Å². The molecular weight excluding hydrogens is 218 g/mol. The molecule has 0 unspecified atom stereocenters. The Balaban J connectivity index is 2.30. The average Bonchev–Trinajstić information content (AvgIpc) is 2.78. The molecule has 0 spiro atoms. The Hall–Kier alpha value is -1.98. The third kappa shape index (κ3) is 2.41. The molecule has 0 fully saturated rings. The van der Waals surface area contributed by atoms with Gasteiger partial charge < -0.3 is 9.84 Å². The Morgan fingerprint density at radius 1 is 1.18 bits per heavy atom. The fraction of sp³-hybridized carbons (Fsp3) is 0.455. The normalized spacial score (nSPS) is 11.5. The fourth-order valence-corrected chi connectivity index (χ4v) is 1.20. The van der Waals surface area contributed by atoms with E-state index < -0.39 is 0 Å². The molecule has 0 atom stereocenters. The van der Waals surface area contributed by atoms with Crippen LogP contribution < -0.4 is 5.32 Å². The van der Waals surface area contributed by atoms with Crippen molar-refractivity contribution >= 4 is 5.82 Å². The molecule has 0 bridgehead atoms. The van der Waals surface area contributed by atoms with Crippen molar-refractivity contribution in [2.45, 2.75) is 26.2 Å². The number of hydrogen-bond donors (Lipinski definition) is 1. The Morgan fingerprint density at radius 3 is 2.41 bits per heavy atom. The summed E-state index contributed by atoms with van der Waals surface area (Å²) in [7, 11) is 1.79. The first-order valence-electron chi connectivity index (χ1n) is 5.35. The minimum Gasteiger partial charge on any atom is -0.372 e. The van der Waals surface area contributed by atoms with Crippen molar-refractivity contribution in [1.29, 1.82) is 0 Å². The van der Waals surface area contributed by atoms with Crippen molar-refractivity contribution < 1.29 is 4.52 Å². The molecule has 2 aromatic heterocycles. The van der Waals surface area contributed by atoms with E-state index in [4.69, 9.17) is 4.52 Å². The molecule has 0 saturated carbocycles. The highest BCUT2D eigenvalue weighted by atomic mass is 16.5. The fourth-order valence-electron chi connectivity index (χ4n) is 1.20. The summed E-state index contributed by atoms with van der Waals surface area (Å²) in [4.78, 5) is 12.6. The number of nitrogens with zero attached hydrogens (tertiary/aromatic N) is 4. The zero-order valence-corrected chi connectivity index (χ0v) is 10.4. The van der Waals surface area contributed by atoms with Crippen LogP contribution in [-0.2, 0) is 5.41 Å². The van der Waals surface area contributed by atoms with Crippen LogP contribution in [0.4, 0.5) is 5.82 Å². The van der Waals surface area contributed by atoms with E-state index >= 15 is 0 Å². The summed E-state index contributed by atoms with van der Waals surface area (Å²) in [5.74, 6) is 1.75. The third-order valence-electron chi connectivity index (χ3n) is 2.22. The Bertz CT molecular complexity index is 497. The average molecular weight is 233 g/mol. The van der Waals surface area contributed by atoms with Crippen molar-refractivity contribution in [3.8, 4) is 11.6 Å². The van der Waals surface area contributed by atoms with E-state index in [1.165, 1.54) is 0 Å². The minimum atomic E-state index is -0.139. The van der Waals surface area contributed by atoms with Gasteiger partial charge in [0.15, 0.2) is 5.82 Å². The second-order valence-corrected chi connectivity index (χ2v) is 4.71. The number of aromatic nitrogens is 4. The van der Waals surface area contributed by atoms with Crippen LogP contribution in [0.5, 0.6) is 0 Å². The van der Waals surface area contributed by atoms with Crippen LogP contribution in [0.25, 0.3) is 11.6 Å². The lowest BCUT2D eigenvalue weighted by Gasteiger charge is -2.10. The highest BCUT2D eigenvalue weighted by molar-refractivity contribution is 5.46. The van der Waals surface area contributed by atoms with E-state index in [0.29, 0.717) is 23.2 Å². The van der Waals surface area contributed by atoms with Gasteiger partial charge in [-0.05, 0) is 0 Å². The van der Waals surface area contributed by atoms with E-state index in [1.807, 2.05) is 20.8 Å². The second-order valence-electron chi connectivity index (χ2n) is 4.71. The predicted molar refractivity (Wildman–Crippen MR) is 63.6 cm³/mol. The first kappa shape index (κ1) is 11.5. The van der Waals surface area contributed by atoms with Crippen LogP contribution in [0, 0.1) is 0 Å². The smallest absolute Gasteiger partial charge is 0.278 e. The Labute approximate surface area is 99.5 Å². The highest BCUT2D eigenvalue weighted by Crippen LogP contribution is 2.22. The molecule has 6 heteroatoms. The largest absolute Gasteiger partial charge is 0.372 e. The molecule has 6 nitrogen and oxygen atoms in total. The molecular formula is C11H15N5O. The van der Waals surface area contributed by atoms with E-state index in [1.54, 1.807) is 19.4 Å². The molecule has 2 heterocycles. The monoisotopic (exact) mass is 233 g/mol. The number of hydrogen-bond acceptors (Lipinski definition) is 6. The lowest BCUT2D eigenvalue weighted by molar-refractivity contribution is 0.401. The number of nitrogens with one attached hydrogen (secondary N) is 1. The van der Waals surface area contributed by atoms with Gasteiger partial charge in [-0.15, -0.1) is 0 Å². The molecule has 2 aromatic rings. The molecule has 90 valence electrons. The van der Waals surface area contributed by atoms with Gasteiger partial charge in [-0.25, -0.2) is 9.97 Å². The zero-order valence-electron chi connectivity index (χ0n) is 10.4. The van der Waals surface area contributed by atoms with E-state index in [-0.39, 0.29) is 5.41 Å². The van der Waals surface area contributed by atoms with Crippen LogP contribution in [-0.4, -0.2) is 27.2 Å². The summed E-state index contributed by atoms with van der Waals surface area (Å²) >= 11 is 0. The first-order valence-corrected chi connectivity index (χ1v) is 5.35. The molecule has 0 aliphatic rings. The highest BCUT2D eigenvalue weighted by Gasteiger charge is 2.21. The van der Waals surface area contributed by atoms with Gasteiger partial charge in [0.2, 0.25) is 0 Å². The maximum Gasteiger partial charge on any atom is 0.278 e. The van der Waals surface area contributed by atoms with Gasteiger partial charge in [-0.2, -0.15) is 4.98 Å². The summed E-state index contributed by atoms with van der Waals surface area (Å²) in [6.07, 6.45) is 3.22. The standard InChI is InChI=1S/C11H15N5O/c1-11(2,3)10-15-9(17-16-10)7-5-14-8(12-4)6-13-7/h5-6H,1-4H3,(H,12,14). The van der Waals surface area contributed by atoms with Gasteiger partial charge >= 0.3 is 0 Å². The van der Waals surface area contributed by atoms with Gasteiger partial charge in [0.05, 0.1) is 12.4 Å². The second kappa shape index (κ2) is 4.12. The summed E-state index contributed by atoms with van der Waals surface area (Å²) < 4.78 is 5.17. The quantitative estimate of drug-likeness (QED) is 0.853. The van der Waals surface area contributed by atoms with Crippen molar-refractivity contribution in [3.63, 3.8) is 0 Å². The maximum absolute atomic E-state index is 5.17. The minimum absolute atomic E-state index is 0.139. The Kier molecular flexibility index (Phi) is 2.79. The van der Waals surface area contributed by atoms with Gasteiger partial charge in [0.1, 0.15) is 11.5 Å². The van der Waals surface area contributed by atoms with Crippen LogP contribution in [0.15, 0.2) is 16.9 Å². The van der Waals surface area contributed by atoms with E-state index in [0.717, 1.165) is 0 Å². The lowest BCUT2D eigenvalue weighted by atomic mass is 9.96. The molecule has 0 aromatic carbocycles. The van der Waals surface area contributed by atoms with Crippen LogP contribution in [0.2, 0.25) is 0 Å². The van der Waals surface area contributed by atoms with Crippen molar-refractivity contribution in [3.05, 3.63) is 18.2 Å². The van der Waals surface area contributed by atoms with Gasteiger partial charge in [-0.1, -0.05) is 25.9 Å². The zero-order chi connectivity index (χ0) is 12.5.